The summed E-state index contributed by atoms with van der Waals surface area (Å²) in [6, 6.07) is 11.8. The van der Waals surface area contributed by atoms with Crippen LogP contribution in [0.2, 0.25) is 0 Å². The Morgan fingerprint density at radius 1 is 1.03 bits per heavy atom. The van der Waals surface area contributed by atoms with Gasteiger partial charge in [0.05, 0.1) is 17.0 Å². The van der Waals surface area contributed by atoms with Gasteiger partial charge in [-0.3, -0.25) is 4.90 Å². The molecular weight excluding hydrogens is 632 g/mol. The lowest BCUT2D eigenvalue weighted by molar-refractivity contribution is 0.0106. The number of amides is 1. The Hall–Kier alpha value is -1.76. The number of halogens is 2. The van der Waals surface area contributed by atoms with Crippen molar-refractivity contribution in [2.24, 2.45) is 5.92 Å². The summed E-state index contributed by atoms with van der Waals surface area (Å²) in [4.78, 5) is 17.7. The summed E-state index contributed by atoms with van der Waals surface area (Å²) in [6.45, 7) is 6.76. The normalized spacial score (nSPS) is 26.9. The van der Waals surface area contributed by atoms with E-state index in [1.54, 1.807) is 41.3 Å². The van der Waals surface area contributed by atoms with Crippen molar-refractivity contribution in [2.45, 2.75) is 75.0 Å². The Bertz CT molecular complexity index is 1260. The highest BCUT2D eigenvalue weighted by Crippen LogP contribution is 2.39. The van der Waals surface area contributed by atoms with E-state index in [1.807, 2.05) is 13.8 Å². The lowest BCUT2D eigenvalue weighted by atomic mass is 9.93. The molecule has 4 unspecified atom stereocenters. The number of hydrogen-bond donors (Lipinski definition) is 0. The van der Waals surface area contributed by atoms with E-state index in [9.17, 15) is 17.6 Å². The number of piperidine rings is 1. The van der Waals surface area contributed by atoms with Gasteiger partial charge in [-0.2, -0.15) is 4.31 Å². The van der Waals surface area contributed by atoms with E-state index in [1.165, 1.54) is 29.3 Å². The zero-order valence-corrected chi connectivity index (χ0v) is 25.5. The quantitative estimate of drug-likeness (QED) is 0.357. The molecule has 0 spiro atoms. The molecule has 2 aromatic rings. The van der Waals surface area contributed by atoms with Gasteiger partial charge in [0.15, 0.2) is 0 Å². The van der Waals surface area contributed by atoms with Gasteiger partial charge in [0.25, 0.3) is 0 Å². The third kappa shape index (κ3) is 6.60. The summed E-state index contributed by atoms with van der Waals surface area (Å²) in [5.74, 6) is 0.387. The maximum absolute atomic E-state index is 14.2. The van der Waals surface area contributed by atoms with E-state index in [2.05, 4.69) is 27.5 Å². The molecule has 2 aromatic carbocycles. The first kappa shape index (κ1) is 28.8. The average Bonchev–Trinajstić information content (AvgIpc) is 3.71. The fourth-order valence-electron chi connectivity index (χ4n) is 6.18. The lowest BCUT2D eigenvalue weighted by Gasteiger charge is -2.44. The largest absolute Gasteiger partial charge is 0.448 e. The minimum absolute atomic E-state index is 0.0121. The Labute approximate surface area is 244 Å². The highest BCUT2D eigenvalue weighted by molar-refractivity contribution is 14.1. The second-order valence-corrected chi connectivity index (χ2v) is 14.4. The minimum Gasteiger partial charge on any atom is -0.448 e. The van der Waals surface area contributed by atoms with Crippen molar-refractivity contribution in [3.63, 3.8) is 0 Å². The fraction of sp³-hybridized carbons (Fsp3) is 0.552. The highest BCUT2D eigenvalue weighted by Gasteiger charge is 2.42. The van der Waals surface area contributed by atoms with Gasteiger partial charge < -0.3 is 9.64 Å². The molecule has 1 amide bonds. The van der Waals surface area contributed by atoms with E-state index in [-0.39, 0.29) is 23.6 Å². The molecule has 3 aliphatic rings. The van der Waals surface area contributed by atoms with Crippen LogP contribution in [0.5, 0.6) is 0 Å². The molecule has 39 heavy (non-hydrogen) atoms. The van der Waals surface area contributed by atoms with Crippen LogP contribution in [-0.2, 0) is 14.8 Å². The smallest absolute Gasteiger partial charge is 0.410 e. The Morgan fingerprint density at radius 2 is 1.72 bits per heavy atom. The SMILES string of the molecule is CC1CN(CC2CC2)CC(C)N1C(=O)OCC1CCCC(c2cccc(F)c2)N1S(=O)(=O)c1ccc(I)cc1. The van der Waals surface area contributed by atoms with Crippen LogP contribution in [-0.4, -0.2) is 73.0 Å². The van der Waals surface area contributed by atoms with Crippen LogP contribution in [0.3, 0.4) is 0 Å². The number of sulfonamides is 1. The monoisotopic (exact) mass is 669 g/mol. The van der Waals surface area contributed by atoms with Crippen LogP contribution in [0.1, 0.15) is 57.6 Å². The third-order valence-electron chi connectivity index (χ3n) is 8.12. The Morgan fingerprint density at radius 3 is 2.36 bits per heavy atom. The van der Waals surface area contributed by atoms with Crippen molar-refractivity contribution < 1.29 is 22.3 Å². The minimum atomic E-state index is -3.95. The molecule has 2 saturated heterocycles. The summed E-state index contributed by atoms with van der Waals surface area (Å²) in [7, 11) is -3.95. The first-order valence-corrected chi connectivity index (χ1v) is 16.4. The molecule has 3 fully saturated rings. The number of carbonyl (C=O) groups is 1. The summed E-state index contributed by atoms with van der Waals surface area (Å²) in [5.41, 5.74) is 0.606. The molecule has 5 rings (SSSR count). The van der Waals surface area contributed by atoms with Gasteiger partial charge in [0.2, 0.25) is 10.0 Å². The van der Waals surface area contributed by atoms with Gasteiger partial charge in [-0.15, -0.1) is 0 Å². The van der Waals surface area contributed by atoms with Crippen molar-refractivity contribution in [1.82, 2.24) is 14.1 Å². The topological polar surface area (TPSA) is 70.2 Å². The molecule has 0 radical (unpaired) electrons. The third-order valence-corrected chi connectivity index (χ3v) is 10.8. The Kier molecular flexibility index (Phi) is 8.85. The van der Waals surface area contributed by atoms with Crippen LogP contribution >= 0.6 is 22.6 Å². The molecule has 0 bridgehead atoms. The van der Waals surface area contributed by atoms with Crippen LogP contribution in [0.25, 0.3) is 0 Å². The molecule has 2 aliphatic heterocycles. The van der Waals surface area contributed by atoms with Gasteiger partial charge in [0.1, 0.15) is 12.4 Å². The number of hydrogen-bond acceptors (Lipinski definition) is 5. The molecule has 10 heteroatoms. The van der Waals surface area contributed by atoms with Crippen LogP contribution in [0, 0.1) is 15.3 Å². The van der Waals surface area contributed by atoms with Crippen molar-refractivity contribution in [3.05, 3.63) is 63.5 Å². The standard InChI is InChI=1S/C29H37FIN3O4S/c1-20-16-32(18-22-9-10-22)17-21(2)33(20)29(35)38-19-26-7-4-8-28(23-5-3-6-24(30)15-23)34(26)39(36,37)27-13-11-25(31)12-14-27/h3,5-6,11-15,20-22,26,28H,4,7-10,16-19H2,1-2H3. The molecular formula is C29H37FIN3O4S. The highest BCUT2D eigenvalue weighted by atomic mass is 127. The number of nitrogens with zero attached hydrogens (tertiary/aromatic N) is 3. The number of piperazine rings is 1. The molecule has 2 heterocycles. The van der Waals surface area contributed by atoms with Crippen molar-refractivity contribution >= 4 is 38.7 Å². The van der Waals surface area contributed by atoms with E-state index < -0.39 is 34.0 Å². The number of rotatable bonds is 7. The number of carbonyl (C=O) groups excluding carboxylic acids is 1. The van der Waals surface area contributed by atoms with E-state index >= 15 is 0 Å². The van der Waals surface area contributed by atoms with Gasteiger partial charge >= 0.3 is 6.09 Å². The van der Waals surface area contributed by atoms with Crippen LogP contribution < -0.4 is 0 Å². The number of benzene rings is 2. The average molecular weight is 670 g/mol. The van der Waals surface area contributed by atoms with Gasteiger partial charge in [-0.25, -0.2) is 17.6 Å². The first-order chi connectivity index (χ1) is 18.6. The van der Waals surface area contributed by atoms with Crippen molar-refractivity contribution in [3.8, 4) is 0 Å². The molecule has 1 aliphatic carbocycles. The van der Waals surface area contributed by atoms with E-state index in [0.29, 0.717) is 18.4 Å². The van der Waals surface area contributed by atoms with E-state index in [0.717, 1.165) is 35.5 Å². The molecule has 0 aromatic heterocycles. The summed E-state index contributed by atoms with van der Waals surface area (Å²) in [6.07, 6.45) is 4.06. The van der Waals surface area contributed by atoms with E-state index in [4.69, 9.17) is 4.74 Å². The first-order valence-electron chi connectivity index (χ1n) is 13.9. The zero-order chi connectivity index (χ0) is 27.7. The predicted octanol–water partition coefficient (Wildman–Crippen LogP) is 5.66. The molecule has 1 saturated carbocycles. The fourth-order valence-corrected chi connectivity index (χ4v) is 8.38. The lowest BCUT2D eigenvalue weighted by Crippen LogP contribution is -2.59. The maximum atomic E-state index is 14.2. The molecule has 7 nitrogen and oxygen atoms in total. The van der Waals surface area contributed by atoms with Crippen LogP contribution in [0.4, 0.5) is 9.18 Å². The molecule has 212 valence electrons. The maximum Gasteiger partial charge on any atom is 0.410 e. The molecule has 0 N–H and O–H groups in total. The molecule has 4 atom stereocenters. The summed E-state index contributed by atoms with van der Waals surface area (Å²) < 4.78 is 50.5. The van der Waals surface area contributed by atoms with Gasteiger partial charge in [0, 0.05) is 35.3 Å². The van der Waals surface area contributed by atoms with Gasteiger partial charge in [-0.05, 0) is 116 Å². The predicted molar refractivity (Wildman–Crippen MR) is 156 cm³/mol. The Balaban J connectivity index is 1.35. The second-order valence-electron chi connectivity index (χ2n) is 11.3. The van der Waals surface area contributed by atoms with Crippen LogP contribution in [0.15, 0.2) is 53.4 Å². The van der Waals surface area contributed by atoms with Crippen molar-refractivity contribution in [1.29, 1.82) is 0 Å². The summed E-state index contributed by atoms with van der Waals surface area (Å²) in [5, 5.41) is 0. The number of ether oxygens (including phenoxy) is 1. The van der Waals surface area contributed by atoms with Crippen molar-refractivity contribution in [2.75, 3.05) is 26.2 Å². The zero-order valence-electron chi connectivity index (χ0n) is 22.5. The van der Waals surface area contributed by atoms with Gasteiger partial charge in [-0.1, -0.05) is 12.1 Å². The second kappa shape index (κ2) is 12.0. The summed E-state index contributed by atoms with van der Waals surface area (Å²) >= 11 is 2.14.